The lowest BCUT2D eigenvalue weighted by atomic mass is 10.1. The monoisotopic (exact) mass is 246 g/mol. The van der Waals surface area contributed by atoms with Crippen LogP contribution in [0, 0.1) is 0 Å². The first kappa shape index (κ1) is 11.7. The Morgan fingerprint density at radius 3 is 2.94 bits per heavy atom. The van der Waals surface area contributed by atoms with Crippen LogP contribution in [0.3, 0.4) is 0 Å². The molecule has 2 N–H and O–H groups in total. The summed E-state index contributed by atoms with van der Waals surface area (Å²) in [5, 5.41) is 0. The number of ether oxygens (including phenoxy) is 1. The minimum Gasteiger partial charge on any atom is -0.376 e. The second kappa shape index (κ2) is 4.71. The van der Waals surface area contributed by atoms with E-state index in [4.69, 9.17) is 10.5 Å². The van der Waals surface area contributed by atoms with Gasteiger partial charge in [0.25, 0.3) is 5.91 Å². The molecule has 0 radical (unpaired) electrons. The Hall–Kier alpha value is -1.39. The van der Waals surface area contributed by atoms with E-state index < -0.39 is 0 Å². The summed E-state index contributed by atoms with van der Waals surface area (Å²) in [4.78, 5) is 14.2. The van der Waals surface area contributed by atoms with E-state index in [-0.39, 0.29) is 18.1 Å². The maximum absolute atomic E-state index is 12.4. The van der Waals surface area contributed by atoms with Crippen LogP contribution in [0.5, 0.6) is 0 Å². The molecule has 0 bridgehead atoms. The second-order valence-electron chi connectivity index (χ2n) is 4.93. The molecule has 4 nitrogen and oxygen atoms in total. The van der Waals surface area contributed by atoms with E-state index in [1.54, 1.807) is 0 Å². The van der Waals surface area contributed by atoms with Gasteiger partial charge in [-0.15, -0.1) is 0 Å². The van der Waals surface area contributed by atoms with Gasteiger partial charge in [0, 0.05) is 25.3 Å². The molecule has 1 saturated heterocycles. The van der Waals surface area contributed by atoms with Crippen LogP contribution in [0.4, 0.5) is 0 Å². The van der Waals surface area contributed by atoms with E-state index in [1.807, 2.05) is 29.2 Å². The van der Waals surface area contributed by atoms with Crippen molar-refractivity contribution in [2.75, 3.05) is 19.7 Å². The predicted octanol–water partition coefficient (Wildman–Crippen LogP) is 1.32. The van der Waals surface area contributed by atoms with Crippen molar-refractivity contribution in [3.8, 4) is 0 Å². The molecule has 18 heavy (non-hydrogen) atoms. The number of hydrogen-bond donors (Lipinski definition) is 1. The van der Waals surface area contributed by atoms with Crippen molar-refractivity contribution in [2.24, 2.45) is 5.73 Å². The lowest BCUT2D eigenvalue weighted by Crippen LogP contribution is -2.38. The summed E-state index contributed by atoms with van der Waals surface area (Å²) in [7, 11) is 0. The minimum absolute atomic E-state index is 0.0119. The van der Waals surface area contributed by atoms with Crippen LogP contribution in [-0.2, 0) is 4.74 Å². The molecule has 0 spiro atoms. The SMILES string of the molecule is NC[C@@H]1c2ccccc2C(=O)N1C[C@@H]1CCCO1. The fraction of sp³-hybridized carbons (Fsp3) is 0.500. The van der Waals surface area contributed by atoms with Crippen molar-refractivity contribution in [2.45, 2.75) is 25.0 Å². The van der Waals surface area contributed by atoms with Crippen molar-refractivity contribution < 1.29 is 9.53 Å². The molecule has 2 heterocycles. The van der Waals surface area contributed by atoms with Crippen molar-refractivity contribution in [3.63, 3.8) is 0 Å². The molecule has 1 aromatic rings. The Balaban J connectivity index is 1.85. The first-order chi connectivity index (χ1) is 8.81. The number of hydrogen-bond acceptors (Lipinski definition) is 3. The van der Waals surface area contributed by atoms with E-state index in [0.717, 1.165) is 30.6 Å². The number of nitrogens with zero attached hydrogens (tertiary/aromatic N) is 1. The molecule has 1 amide bonds. The van der Waals surface area contributed by atoms with Gasteiger partial charge in [0.05, 0.1) is 12.1 Å². The van der Waals surface area contributed by atoms with Crippen LogP contribution in [-0.4, -0.2) is 36.6 Å². The van der Waals surface area contributed by atoms with Crippen molar-refractivity contribution in [3.05, 3.63) is 35.4 Å². The van der Waals surface area contributed by atoms with Gasteiger partial charge in [0.1, 0.15) is 0 Å². The lowest BCUT2D eigenvalue weighted by molar-refractivity contribution is 0.0470. The molecule has 3 rings (SSSR count). The zero-order chi connectivity index (χ0) is 12.5. The van der Waals surface area contributed by atoms with E-state index in [9.17, 15) is 4.79 Å². The number of benzene rings is 1. The number of nitrogens with two attached hydrogens (primary N) is 1. The number of fused-ring (bicyclic) bond motifs is 1. The van der Waals surface area contributed by atoms with Gasteiger partial charge < -0.3 is 15.4 Å². The first-order valence-corrected chi connectivity index (χ1v) is 6.53. The highest BCUT2D eigenvalue weighted by molar-refractivity contribution is 5.99. The van der Waals surface area contributed by atoms with E-state index >= 15 is 0 Å². The van der Waals surface area contributed by atoms with E-state index in [2.05, 4.69) is 0 Å². The summed E-state index contributed by atoms with van der Waals surface area (Å²) < 4.78 is 5.62. The summed E-state index contributed by atoms with van der Waals surface area (Å²) in [5.74, 6) is 0.0940. The molecule has 0 aliphatic carbocycles. The fourth-order valence-corrected chi connectivity index (χ4v) is 2.92. The van der Waals surface area contributed by atoms with Crippen molar-refractivity contribution >= 4 is 5.91 Å². The van der Waals surface area contributed by atoms with Crippen molar-refractivity contribution in [1.29, 1.82) is 0 Å². The van der Waals surface area contributed by atoms with Gasteiger partial charge >= 0.3 is 0 Å². The normalized spacial score (nSPS) is 26.7. The van der Waals surface area contributed by atoms with Crippen LogP contribution < -0.4 is 5.73 Å². The number of amides is 1. The first-order valence-electron chi connectivity index (χ1n) is 6.53. The maximum Gasteiger partial charge on any atom is 0.254 e. The molecule has 2 atom stereocenters. The summed E-state index contributed by atoms with van der Waals surface area (Å²) in [6, 6.07) is 7.76. The van der Waals surface area contributed by atoms with Crippen molar-refractivity contribution in [1.82, 2.24) is 4.90 Å². The molecule has 0 aromatic heterocycles. The average Bonchev–Trinajstić information content (AvgIpc) is 2.99. The van der Waals surface area contributed by atoms with Gasteiger partial charge in [-0.25, -0.2) is 0 Å². The molecule has 96 valence electrons. The van der Waals surface area contributed by atoms with Crippen LogP contribution in [0.2, 0.25) is 0 Å². The number of carbonyl (C=O) groups excluding carboxylic acids is 1. The molecule has 2 aliphatic rings. The van der Waals surface area contributed by atoms with E-state index in [0.29, 0.717) is 13.1 Å². The van der Waals surface area contributed by atoms with Crippen LogP contribution in [0.25, 0.3) is 0 Å². The van der Waals surface area contributed by atoms with Gasteiger partial charge in [-0.05, 0) is 24.5 Å². The fourth-order valence-electron chi connectivity index (χ4n) is 2.92. The molecule has 2 aliphatic heterocycles. The Morgan fingerprint density at radius 1 is 1.39 bits per heavy atom. The minimum atomic E-state index is 0.0119. The Kier molecular flexibility index (Phi) is 3.06. The second-order valence-corrected chi connectivity index (χ2v) is 4.93. The number of carbonyl (C=O) groups is 1. The molecule has 1 aromatic carbocycles. The summed E-state index contributed by atoms with van der Waals surface area (Å²) in [6.07, 6.45) is 2.31. The third kappa shape index (κ3) is 1.82. The molecule has 0 unspecified atom stereocenters. The summed E-state index contributed by atoms with van der Waals surface area (Å²) >= 11 is 0. The van der Waals surface area contributed by atoms with Gasteiger partial charge in [-0.3, -0.25) is 4.79 Å². The Labute approximate surface area is 107 Å². The Bertz CT molecular complexity index is 455. The van der Waals surface area contributed by atoms with Crippen LogP contribution in [0.15, 0.2) is 24.3 Å². The van der Waals surface area contributed by atoms with Gasteiger partial charge in [-0.2, -0.15) is 0 Å². The van der Waals surface area contributed by atoms with Gasteiger partial charge in [0.15, 0.2) is 0 Å². The largest absolute Gasteiger partial charge is 0.376 e. The molecular formula is C14H18N2O2. The zero-order valence-corrected chi connectivity index (χ0v) is 10.3. The molecule has 4 heteroatoms. The predicted molar refractivity (Wildman–Crippen MR) is 68.2 cm³/mol. The molecular weight excluding hydrogens is 228 g/mol. The van der Waals surface area contributed by atoms with Crippen LogP contribution in [0.1, 0.15) is 34.8 Å². The summed E-state index contributed by atoms with van der Waals surface area (Å²) in [5.41, 5.74) is 7.70. The highest BCUT2D eigenvalue weighted by atomic mass is 16.5. The third-order valence-corrected chi connectivity index (χ3v) is 3.83. The lowest BCUT2D eigenvalue weighted by Gasteiger charge is -2.26. The van der Waals surface area contributed by atoms with Gasteiger partial charge in [0.2, 0.25) is 0 Å². The quantitative estimate of drug-likeness (QED) is 0.875. The standard InChI is InChI=1S/C14H18N2O2/c15-8-13-11-5-1-2-6-12(11)14(17)16(13)9-10-4-3-7-18-10/h1-2,5-6,10,13H,3-4,7-9,15H2/t10-,13+/m0/s1. The topological polar surface area (TPSA) is 55.6 Å². The molecule has 1 fully saturated rings. The smallest absolute Gasteiger partial charge is 0.254 e. The third-order valence-electron chi connectivity index (χ3n) is 3.83. The average molecular weight is 246 g/mol. The summed E-state index contributed by atoms with van der Waals surface area (Å²) in [6.45, 7) is 1.94. The highest BCUT2D eigenvalue weighted by Gasteiger charge is 2.37. The molecule has 0 saturated carbocycles. The maximum atomic E-state index is 12.4. The van der Waals surface area contributed by atoms with E-state index in [1.165, 1.54) is 0 Å². The Morgan fingerprint density at radius 2 is 2.22 bits per heavy atom. The van der Waals surface area contributed by atoms with Gasteiger partial charge in [-0.1, -0.05) is 18.2 Å². The zero-order valence-electron chi connectivity index (χ0n) is 10.3. The number of rotatable bonds is 3. The highest BCUT2D eigenvalue weighted by Crippen LogP contribution is 2.33. The van der Waals surface area contributed by atoms with Crippen LogP contribution >= 0.6 is 0 Å².